The molecular formula is C20H36N2O3. The molecule has 1 aliphatic heterocycles. The molecule has 1 saturated carbocycles. The molecule has 0 bridgehead atoms. The molecule has 2 aliphatic rings. The van der Waals surface area contributed by atoms with Gasteiger partial charge in [-0.15, -0.1) is 0 Å². The number of hydrogen-bond acceptors (Lipinski definition) is 3. The number of ether oxygens (including phenoxy) is 1. The Balaban J connectivity index is 0.00000146. The quantitative estimate of drug-likeness (QED) is 0.727. The summed E-state index contributed by atoms with van der Waals surface area (Å²) in [5, 5.41) is 2.76. The van der Waals surface area contributed by atoms with Crippen molar-refractivity contribution >= 4 is 12.0 Å². The number of hydrogen-bond donors (Lipinski definition) is 1. The Bertz CT molecular complexity index is 493. The van der Waals surface area contributed by atoms with Gasteiger partial charge in [0.15, 0.2) is 0 Å². The average Bonchev–Trinajstić information content (AvgIpc) is 2.48. The van der Waals surface area contributed by atoms with Crippen molar-refractivity contribution in [2.24, 2.45) is 5.92 Å². The zero-order valence-electron chi connectivity index (χ0n) is 16.5. The lowest BCUT2D eigenvalue weighted by molar-refractivity contribution is -0.129. The van der Waals surface area contributed by atoms with E-state index in [4.69, 9.17) is 4.74 Å². The molecule has 2 amide bonds. The molecule has 0 aromatic rings. The van der Waals surface area contributed by atoms with Gasteiger partial charge in [0.05, 0.1) is 6.04 Å². The lowest BCUT2D eigenvalue weighted by Crippen LogP contribution is -2.61. The van der Waals surface area contributed by atoms with Gasteiger partial charge in [-0.1, -0.05) is 45.5 Å². The summed E-state index contributed by atoms with van der Waals surface area (Å²) in [6.07, 6.45) is 6.78. The van der Waals surface area contributed by atoms with Crippen molar-refractivity contribution < 1.29 is 15.8 Å². The highest BCUT2D eigenvalue weighted by molar-refractivity contribution is 5.94. The molecule has 5 heteroatoms. The average molecular weight is 353 g/mol. The van der Waals surface area contributed by atoms with Crippen molar-refractivity contribution in [3.63, 3.8) is 0 Å². The van der Waals surface area contributed by atoms with Crippen LogP contribution in [0, 0.1) is 17.8 Å². The second kappa shape index (κ2) is 10.3. The summed E-state index contributed by atoms with van der Waals surface area (Å²) in [5.41, 5.74) is -0.505. The Morgan fingerprint density at radius 3 is 2.24 bits per heavy atom. The van der Waals surface area contributed by atoms with Crippen LogP contribution in [0.15, 0.2) is 0 Å². The van der Waals surface area contributed by atoms with Crippen molar-refractivity contribution in [1.29, 1.82) is 0 Å². The number of carbonyl (C=O) groups excluding carboxylic acids is 2. The standard InChI is InChI=1S/C17H26N2O3.C3H8.H2/c1-17(2,3)22-16(21)18-14-11-19(12-14)15(20)10-9-13-7-5-4-6-8-13;1-3-2;/h13-14H,4-8,11-12H2,1-3H3,(H,18,21);3H2,1-2H3;1H. The number of amides is 2. The van der Waals surface area contributed by atoms with Crippen LogP contribution in [0.5, 0.6) is 0 Å². The molecule has 0 unspecified atom stereocenters. The van der Waals surface area contributed by atoms with Crippen LogP contribution in [0.1, 0.15) is 74.6 Å². The third kappa shape index (κ3) is 8.81. The first kappa shape index (κ1) is 21.3. The fourth-order valence-electron chi connectivity index (χ4n) is 2.70. The van der Waals surface area contributed by atoms with E-state index in [1.165, 1.54) is 25.7 Å². The minimum absolute atomic E-state index is 0. The van der Waals surface area contributed by atoms with Gasteiger partial charge in [-0.25, -0.2) is 4.79 Å². The molecule has 1 N–H and O–H groups in total. The SMILES string of the molecule is CC(C)(C)OC(=O)NC1CN(C(=O)C#CC2CCCCC2)C1.CCC.[HH]. The van der Waals surface area contributed by atoms with E-state index in [2.05, 4.69) is 31.0 Å². The first-order valence-corrected chi connectivity index (χ1v) is 9.55. The van der Waals surface area contributed by atoms with Gasteiger partial charge in [0.25, 0.3) is 5.91 Å². The molecule has 5 nitrogen and oxygen atoms in total. The Hall–Kier alpha value is -1.70. The van der Waals surface area contributed by atoms with Gasteiger partial charge >= 0.3 is 6.09 Å². The number of rotatable bonds is 1. The molecule has 1 heterocycles. The summed E-state index contributed by atoms with van der Waals surface area (Å²) < 4.78 is 5.19. The molecular weight excluding hydrogens is 316 g/mol. The van der Waals surface area contributed by atoms with E-state index in [1.807, 2.05) is 20.8 Å². The smallest absolute Gasteiger partial charge is 0.407 e. The Kier molecular flexibility index (Phi) is 8.82. The van der Waals surface area contributed by atoms with Crippen LogP contribution in [-0.2, 0) is 9.53 Å². The summed E-state index contributed by atoms with van der Waals surface area (Å²) in [6.45, 7) is 10.7. The van der Waals surface area contributed by atoms with Crippen molar-refractivity contribution in [2.45, 2.75) is 84.8 Å². The van der Waals surface area contributed by atoms with Crippen molar-refractivity contribution in [3.8, 4) is 11.8 Å². The van der Waals surface area contributed by atoms with Crippen LogP contribution < -0.4 is 5.32 Å². The predicted octanol–water partition coefficient (Wildman–Crippen LogP) is 3.97. The summed E-state index contributed by atoms with van der Waals surface area (Å²) in [4.78, 5) is 25.2. The van der Waals surface area contributed by atoms with Gasteiger partial charge in [-0.2, -0.15) is 0 Å². The van der Waals surface area contributed by atoms with Crippen LogP contribution in [-0.4, -0.2) is 41.6 Å². The number of likely N-dealkylation sites (tertiary alicyclic amines) is 1. The monoisotopic (exact) mass is 352 g/mol. The first-order chi connectivity index (χ1) is 11.7. The minimum atomic E-state index is -0.505. The molecule has 1 saturated heterocycles. The first-order valence-electron chi connectivity index (χ1n) is 9.55. The van der Waals surface area contributed by atoms with Crippen molar-refractivity contribution in [3.05, 3.63) is 0 Å². The maximum Gasteiger partial charge on any atom is 0.407 e. The fourth-order valence-corrected chi connectivity index (χ4v) is 2.70. The number of carbonyl (C=O) groups is 2. The number of nitrogens with one attached hydrogen (secondary N) is 1. The normalized spacial score (nSPS) is 18.0. The topological polar surface area (TPSA) is 58.6 Å². The lowest BCUT2D eigenvalue weighted by atomic mass is 9.90. The van der Waals surface area contributed by atoms with Gasteiger partial charge in [0.1, 0.15) is 5.60 Å². The van der Waals surface area contributed by atoms with E-state index in [1.54, 1.807) is 4.90 Å². The molecule has 1 aliphatic carbocycles. The largest absolute Gasteiger partial charge is 0.444 e. The molecule has 0 aromatic heterocycles. The van der Waals surface area contributed by atoms with Gasteiger partial charge in [0.2, 0.25) is 0 Å². The zero-order chi connectivity index (χ0) is 18.9. The lowest BCUT2D eigenvalue weighted by Gasteiger charge is -2.38. The van der Waals surface area contributed by atoms with Crippen LogP contribution in [0.4, 0.5) is 4.79 Å². The third-order valence-electron chi connectivity index (χ3n) is 3.88. The van der Waals surface area contributed by atoms with E-state index < -0.39 is 11.7 Å². The highest BCUT2D eigenvalue weighted by Crippen LogP contribution is 2.22. The van der Waals surface area contributed by atoms with Crippen LogP contribution in [0.3, 0.4) is 0 Å². The predicted molar refractivity (Wildman–Crippen MR) is 102 cm³/mol. The second-order valence-electron chi connectivity index (χ2n) is 7.86. The second-order valence-corrected chi connectivity index (χ2v) is 7.86. The maximum absolute atomic E-state index is 11.9. The van der Waals surface area contributed by atoms with E-state index >= 15 is 0 Å². The molecule has 2 rings (SSSR count). The highest BCUT2D eigenvalue weighted by atomic mass is 16.6. The third-order valence-corrected chi connectivity index (χ3v) is 3.88. The Labute approximate surface area is 154 Å². The molecule has 0 aromatic carbocycles. The molecule has 144 valence electrons. The Morgan fingerprint density at radius 1 is 1.16 bits per heavy atom. The molecule has 0 radical (unpaired) electrons. The van der Waals surface area contributed by atoms with Gasteiger partial charge in [-0.05, 0) is 39.5 Å². The fraction of sp³-hybridized carbons (Fsp3) is 0.800. The van der Waals surface area contributed by atoms with Gasteiger partial charge in [-0.3, -0.25) is 4.79 Å². The zero-order valence-corrected chi connectivity index (χ0v) is 16.5. The molecule has 2 fully saturated rings. The summed E-state index contributed by atoms with van der Waals surface area (Å²) >= 11 is 0. The van der Waals surface area contributed by atoms with Gasteiger partial charge in [0, 0.05) is 20.4 Å². The minimum Gasteiger partial charge on any atom is -0.444 e. The molecule has 0 spiro atoms. The van der Waals surface area contributed by atoms with Crippen molar-refractivity contribution in [2.75, 3.05) is 13.1 Å². The van der Waals surface area contributed by atoms with E-state index in [0.29, 0.717) is 19.0 Å². The number of alkyl carbamates (subject to hydrolysis) is 1. The Morgan fingerprint density at radius 2 is 1.72 bits per heavy atom. The number of nitrogens with zero attached hydrogens (tertiary/aromatic N) is 1. The van der Waals surface area contributed by atoms with Gasteiger partial charge < -0.3 is 15.0 Å². The molecule has 25 heavy (non-hydrogen) atoms. The summed E-state index contributed by atoms with van der Waals surface area (Å²) in [7, 11) is 0. The van der Waals surface area contributed by atoms with E-state index in [9.17, 15) is 9.59 Å². The van der Waals surface area contributed by atoms with Crippen LogP contribution in [0.25, 0.3) is 0 Å². The van der Waals surface area contributed by atoms with Crippen LogP contribution in [0.2, 0.25) is 0 Å². The highest BCUT2D eigenvalue weighted by Gasteiger charge is 2.32. The summed E-state index contributed by atoms with van der Waals surface area (Å²) in [6, 6.07) is -0.0321. The van der Waals surface area contributed by atoms with E-state index in [-0.39, 0.29) is 13.4 Å². The molecule has 0 atom stereocenters. The van der Waals surface area contributed by atoms with Crippen LogP contribution >= 0.6 is 0 Å². The summed E-state index contributed by atoms with van der Waals surface area (Å²) in [5.74, 6) is 6.12. The maximum atomic E-state index is 11.9. The van der Waals surface area contributed by atoms with E-state index in [0.717, 1.165) is 12.8 Å². The van der Waals surface area contributed by atoms with Crippen molar-refractivity contribution in [1.82, 2.24) is 10.2 Å².